The zero-order valence-electron chi connectivity index (χ0n) is 76.1. The molecule has 0 saturated carbocycles. The minimum atomic E-state index is -0.865. The second-order valence-corrected chi connectivity index (χ2v) is 38.3. The highest BCUT2D eigenvalue weighted by Crippen LogP contribution is 2.63. The fraction of sp³-hybridized carbons (Fsp3) is 0.0226. The van der Waals surface area contributed by atoms with Crippen molar-refractivity contribution in [1.29, 1.82) is 0 Å². The first-order valence-corrected chi connectivity index (χ1v) is 48.5. The third-order valence-corrected chi connectivity index (χ3v) is 31.5. The summed E-state index contributed by atoms with van der Waals surface area (Å²) in [6.45, 7) is 0. The minimum Gasteiger partial charge on any atom is -0.456 e. The Bertz CT molecular complexity index is 9150. The third-order valence-electron chi connectivity index (χ3n) is 31.5. The molecule has 0 spiro atoms. The molecule has 141 heavy (non-hydrogen) atoms. The van der Waals surface area contributed by atoms with E-state index in [1.54, 1.807) is 0 Å². The fourth-order valence-electron chi connectivity index (χ4n) is 25.6. The van der Waals surface area contributed by atoms with Gasteiger partial charge in [-0.05, 0) is 215 Å². The average Bonchev–Trinajstić information content (AvgIpc) is 1.54. The molecule has 3 aliphatic carbocycles. The van der Waals surface area contributed by atoms with Crippen LogP contribution in [0.1, 0.15) is 66.8 Å². The summed E-state index contributed by atoms with van der Waals surface area (Å²) < 4.78 is 27.6. The maximum Gasteiger partial charge on any atom is 0.160 e. The van der Waals surface area contributed by atoms with Gasteiger partial charge in [0.1, 0.15) is 33.5 Å². The second kappa shape index (κ2) is 29.3. The van der Waals surface area contributed by atoms with Crippen molar-refractivity contribution in [3.63, 3.8) is 0 Å². The molecule has 31 rings (SSSR count). The first-order valence-electron chi connectivity index (χ1n) is 48.5. The first kappa shape index (κ1) is 77.8. The van der Waals surface area contributed by atoms with Crippen molar-refractivity contribution in [2.45, 2.75) is 16.2 Å². The van der Waals surface area contributed by atoms with Gasteiger partial charge in [0.25, 0.3) is 0 Å². The highest BCUT2D eigenvalue weighted by atomic mass is 16.3. The van der Waals surface area contributed by atoms with Crippen molar-refractivity contribution in [3.8, 4) is 84.3 Å². The molecule has 654 valence electrons. The van der Waals surface area contributed by atoms with E-state index in [1.165, 1.54) is 43.6 Å². The van der Waals surface area contributed by atoms with Crippen molar-refractivity contribution in [2.75, 3.05) is 0 Å². The summed E-state index contributed by atoms with van der Waals surface area (Å²) >= 11 is 0. The second-order valence-electron chi connectivity index (χ2n) is 38.3. The number of nitrogens with zero attached hydrogens (tertiary/aromatic N) is 5. The maximum atomic E-state index is 6.74. The Kier molecular flexibility index (Phi) is 16.1. The Labute approximate surface area is 809 Å². The van der Waals surface area contributed by atoms with Crippen LogP contribution in [0.2, 0.25) is 0 Å². The zero-order chi connectivity index (χ0) is 92.1. The van der Waals surface area contributed by atoms with Crippen molar-refractivity contribution in [3.05, 3.63) is 546 Å². The SMILES string of the molecule is c1ccc(C2(c3ccccc3)c3cc(-c4cc(-c5ccc6c(c5)C(c5ccccc5)(c5ccccc5)c5cc(-n7c8ccccc8c8cc9c(cc87)oc7ccccc79)ccc5-6)nc(-c5ccc6c(c5)C(c5ccccc5)(c5ccccc5)c5cc(-n7c8ccccc8c8cc9c(cc87)oc7ccccc79)ccc5-6)n4)ccc3-c3ccc(-n4c5ccccc5c5cc6c(cc54)oc4ccccc46)cc32)cc1. The third kappa shape index (κ3) is 10.8. The molecular weight excluding hydrogens is 1720 g/mol. The van der Waals surface area contributed by atoms with Crippen LogP contribution in [0.5, 0.6) is 0 Å². The van der Waals surface area contributed by atoms with Crippen LogP contribution in [0.3, 0.4) is 0 Å². The largest absolute Gasteiger partial charge is 0.456 e. The Morgan fingerprint density at radius 2 is 0.404 bits per heavy atom. The molecule has 8 heteroatoms. The van der Waals surface area contributed by atoms with Gasteiger partial charge >= 0.3 is 0 Å². The number of rotatable bonds is 12. The van der Waals surface area contributed by atoms with Crippen LogP contribution in [0.15, 0.2) is 492 Å². The summed E-state index contributed by atoms with van der Waals surface area (Å²) in [5.41, 5.74) is 37.4. The summed E-state index contributed by atoms with van der Waals surface area (Å²) in [6, 6.07) is 178. The lowest BCUT2D eigenvalue weighted by atomic mass is 9.67. The van der Waals surface area contributed by atoms with Crippen LogP contribution < -0.4 is 0 Å². The van der Waals surface area contributed by atoms with Gasteiger partial charge in [-0.2, -0.15) is 0 Å². The summed E-state index contributed by atoms with van der Waals surface area (Å²) in [5, 5.41) is 13.6. The van der Waals surface area contributed by atoms with E-state index in [9.17, 15) is 0 Å². The van der Waals surface area contributed by atoms with Gasteiger partial charge in [-0.15, -0.1) is 0 Å². The van der Waals surface area contributed by atoms with E-state index in [2.05, 4.69) is 493 Å². The summed E-state index contributed by atoms with van der Waals surface area (Å²) in [5.74, 6) is 0.591. The van der Waals surface area contributed by atoms with E-state index < -0.39 is 16.2 Å². The Morgan fingerprint density at radius 3 is 0.702 bits per heavy atom. The molecule has 0 amide bonds. The molecule has 0 atom stereocenters. The normalized spacial score (nSPS) is 13.7. The molecule has 0 unspecified atom stereocenters. The van der Waals surface area contributed by atoms with Gasteiger partial charge in [-0.25, -0.2) is 9.97 Å². The molecule has 3 aliphatic rings. The van der Waals surface area contributed by atoms with E-state index in [-0.39, 0.29) is 0 Å². The van der Waals surface area contributed by atoms with Crippen LogP contribution in [0.4, 0.5) is 0 Å². The number of hydrogen-bond acceptors (Lipinski definition) is 5. The first-order chi connectivity index (χ1) is 69.9. The Morgan fingerprint density at radius 1 is 0.163 bits per heavy atom. The summed E-state index contributed by atoms with van der Waals surface area (Å²) in [4.78, 5) is 12.2. The van der Waals surface area contributed by atoms with Crippen molar-refractivity contribution in [1.82, 2.24) is 23.7 Å². The molecule has 0 saturated heterocycles. The zero-order valence-corrected chi connectivity index (χ0v) is 76.1. The molecular formula is C133H79N5O3. The quantitative estimate of drug-likeness (QED) is 0.122. The molecule has 28 aromatic rings. The molecule has 0 N–H and O–H groups in total. The van der Waals surface area contributed by atoms with E-state index >= 15 is 0 Å². The highest BCUT2D eigenvalue weighted by Gasteiger charge is 2.51. The van der Waals surface area contributed by atoms with Crippen LogP contribution in [0.25, 0.3) is 216 Å². The van der Waals surface area contributed by atoms with Gasteiger partial charge in [0.15, 0.2) is 5.82 Å². The summed E-state index contributed by atoms with van der Waals surface area (Å²) in [6.07, 6.45) is 0. The smallest absolute Gasteiger partial charge is 0.160 e. The number of fused-ring (bicyclic) bond motifs is 27. The van der Waals surface area contributed by atoms with Crippen LogP contribution in [0, 0.1) is 0 Å². The lowest BCUT2D eigenvalue weighted by molar-refractivity contribution is 0.669. The molecule has 0 radical (unpaired) electrons. The molecule has 0 bridgehead atoms. The van der Waals surface area contributed by atoms with Gasteiger partial charge < -0.3 is 27.0 Å². The van der Waals surface area contributed by atoms with Gasteiger partial charge in [0.05, 0.1) is 60.7 Å². The average molecular weight is 1800 g/mol. The number of para-hydroxylation sites is 6. The van der Waals surface area contributed by atoms with Gasteiger partial charge in [0, 0.05) is 117 Å². The molecule has 0 aliphatic heterocycles. The van der Waals surface area contributed by atoms with Crippen LogP contribution >= 0.6 is 0 Å². The molecule has 7 aromatic heterocycles. The van der Waals surface area contributed by atoms with E-state index in [4.69, 9.17) is 23.2 Å². The fourth-order valence-corrected chi connectivity index (χ4v) is 25.6. The standard InChI is InChI=1S/C133H79N5O3/c1-7-31-83(32-8-1)131(84-33-9-2-10-34-84)110-67-80(55-61-92(110)95-64-58-89(70-113(95)131)136-118-49-25-19-43-98(118)104-73-107-101-46-22-28-52-124(101)139-127(107)77-121(104)136)116-76-117(81-56-62-93-96-65-59-90(71-114(96)132(111(93)68-81,85-35-11-3-12-36-85)86-37-13-4-14-38-86)137-119-50-26-20-44-99(119)105-74-108-102-47-23-29-53-125(102)140-128(108)78-122(105)137)135-130(134-116)82-57-63-94-97-66-60-91(72-115(97)133(112(94)69-82,87-39-15-5-16-40-87)88-41-17-6-18-42-88)138-120-51-27-21-45-100(120)106-75-109-103-48-24-30-54-126(103)141-129(109)79-123(106)138/h1-79H. The van der Waals surface area contributed by atoms with Crippen LogP contribution in [-0.2, 0) is 16.2 Å². The lowest BCUT2D eigenvalue weighted by Gasteiger charge is -2.34. The molecule has 0 fully saturated rings. The van der Waals surface area contributed by atoms with E-state index in [0.29, 0.717) is 5.82 Å². The van der Waals surface area contributed by atoms with E-state index in [0.717, 1.165) is 233 Å². The van der Waals surface area contributed by atoms with Gasteiger partial charge in [0.2, 0.25) is 0 Å². The van der Waals surface area contributed by atoms with Gasteiger partial charge in [-0.1, -0.05) is 346 Å². The lowest BCUT2D eigenvalue weighted by Crippen LogP contribution is -2.28. The Balaban J connectivity index is 0.636. The predicted molar refractivity (Wildman–Crippen MR) is 575 cm³/mol. The van der Waals surface area contributed by atoms with Crippen molar-refractivity contribution >= 4 is 131 Å². The monoisotopic (exact) mass is 1790 g/mol. The van der Waals surface area contributed by atoms with Gasteiger partial charge in [-0.3, -0.25) is 0 Å². The highest BCUT2D eigenvalue weighted by molar-refractivity contribution is 6.21. The minimum absolute atomic E-state index is 0.591. The summed E-state index contributed by atoms with van der Waals surface area (Å²) in [7, 11) is 0. The molecule has 7 heterocycles. The number of benzene rings is 21. The van der Waals surface area contributed by atoms with Crippen LogP contribution in [-0.4, -0.2) is 23.7 Å². The Hall–Kier alpha value is -18.5. The number of furan rings is 3. The van der Waals surface area contributed by atoms with Crippen molar-refractivity contribution < 1.29 is 13.3 Å². The molecule has 21 aromatic carbocycles. The number of aromatic nitrogens is 5. The van der Waals surface area contributed by atoms with Crippen molar-refractivity contribution in [2.24, 2.45) is 0 Å². The van der Waals surface area contributed by atoms with E-state index in [1.807, 2.05) is 0 Å². The maximum absolute atomic E-state index is 6.74. The predicted octanol–water partition coefficient (Wildman–Crippen LogP) is 33.6. The number of hydrogen-bond donors (Lipinski definition) is 0. The topological polar surface area (TPSA) is 80.0 Å². The molecule has 8 nitrogen and oxygen atoms in total.